The molecule has 0 heterocycles. The normalized spacial score (nSPS) is 12.5. The fourth-order valence-electron chi connectivity index (χ4n) is 4.17. The van der Waals surface area contributed by atoms with Gasteiger partial charge in [0.1, 0.15) is 0 Å². The molecule has 1 unspecified atom stereocenters. The largest absolute Gasteiger partial charge is 0.396 e. The quantitative estimate of drug-likeness (QED) is 0.161. The molecule has 0 aromatic carbocycles. The third kappa shape index (κ3) is 24.0. The van der Waals surface area contributed by atoms with Gasteiger partial charge >= 0.3 is 0 Å². The summed E-state index contributed by atoms with van der Waals surface area (Å²) in [4.78, 5) is 0. The summed E-state index contributed by atoms with van der Waals surface area (Å²) in [6.45, 7) is 5.08. The van der Waals surface area contributed by atoms with Crippen molar-refractivity contribution in [2.45, 2.75) is 162 Å². The van der Waals surface area contributed by atoms with E-state index in [1.54, 1.807) is 0 Å². The lowest BCUT2D eigenvalue weighted by molar-refractivity contribution is 0.282. The van der Waals surface area contributed by atoms with Crippen LogP contribution in [0.25, 0.3) is 0 Å². The standard InChI is InChI=1S/C27H56O/c1-3-27(2)25-23-21-19-17-15-13-11-9-7-5-4-6-8-10-12-14-16-18-20-22-24-26-28/h27-28H,3-26H2,1-2H3. The van der Waals surface area contributed by atoms with E-state index in [0.717, 1.165) is 12.3 Å². The van der Waals surface area contributed by atoms with Crippen molar-refractivity contribution in [1.29, 1.82) is 0 Å². The van der Waals surface area contributed by atoms with Crippen molar-refractivity contribution in [3.63, 3.8) is 0 Å². The Balaban J connectivity index is 3.00. The number of unbranched alkanes of at least 4 members (excludes halogenated alkanes) is 20. The van der Waals surface area contributed by atoms with E-state index >= 15 is 0 Å². The summed E-state index contributed by atoms with van der Waals surface area (Å²) in [5.74, 6) is 0.943. The molecule has 170 valence electrons. The summed E-state index contributed by atoms with van der Waals surface area (Å²) >= 11 is 0. The molecule has 0 amide bonds. The van der Waals surface area contributed by atoms with Gasteiger partial charge in [0, 0.05) is 6.61 Å². The zero-order valence-corrected chi connectivity index (χ0v) is 20.0. The van der Waals surface area contributed by atoms with E-state index in [1.807, 2.05) is 0 Å². The number of aliphatic hydroxyl groups is 1. The molecule has 0 saturated heterocycles. The highest BCUT2D eigenvalue weighted by molar-refractivity contribution is 4.53. The van der Waals surface area contributed by atoms with Gasteiger partial charge in [0.05, 0.1) is 0 Å². The van der Waals surface area contributed by atoms with Crippen molar-refractivity contribution in [2.24, 2.45) is 5.92 Å². The van der Waals surface area contributed by atoms with Crippen molar-refractivity contribution in [1.82, 2.24) is 0 Å². The van der Waals surface area contributed by atoms with Gasteiger partial charge < -0.3 is 5.11 Å². The molecule has 0 aliphatic heterocycles. The molecule has 0 spiro atoms. The summed E-state index contributed by atoms with van der Waals surface area (Å²) in [7, 11) is 0. The predicted octanol–water partition coefficient (Wildman–Crippen LogP) is 9.61. The highest BCUT2D eigenvalue weighted by Gasteiger charge is 1.98. The summed E-state index contributed by atoms with van der Waals surface area (Å²) in [5, 5.41) is 8.74. The Morgan fingerprint density at radius 3 is 0.929 bits per heavy atom. The maximum atomic E-state index is 8.74. The van der Waals surface area contributed by atoms with Crippen LogP contribution in [0.5, 0.6) is 0 Å². The third-order valence-corrected chi connectivity index (χ3v) is 6.55. The number of hydrogen-bond donors (Lipinski definition) is 1. The maximum absolute atomic E-state index is 8.74. The van der Waals surface area contributed by atoms with Gasteiger partial charge in [0.25, 0.3) is 0 Å². The second-order valence-electron chi connectivity index (χ2n) is 9.45. The van der Waals surface area contributed by atoms with Crippen molar-refractivity contribution in [3.8, 4) is 0 Å². The van der Waals surface area contributed by atoms with E-state index in [9.17, 15) is 0 Å². The van der Waals surface area contributed by atoms with Gasteiger partial charge in [-0.2, -0.15) is 0 Å². The highest BCUT2D eigenvalue weighted by Crippen LogP contribution is 2.16. The van der Waals surface area contributed by atoms with E-state index in [2.05, 4.69) is 13.8 Å². The number of hydrogen-bond acceptors (Lipinski definition) is 1. The molecule has 1 nitrogen and oxygen atoms in total. The van der Waals surface area contributed by atoms with Crippen molar-refractivity contribution in [3.05, 3.63) is 0 Å². The first-order chi connectivity index (χ1) is 13.8. The van der Waals surface area contributed by atoms with E-state index in [-0.39, 0.29) is 0 Å². The van der Waals surface area contributed by atoms with E-state index in [1.165, 1.54) is 141 Å². The van der Waals surface area contributed by atoms with Crippen molar-refractivity contribution < 1.29 is 5.11 Å². The topological polar surface area (TPSA) is 20.2 Å². The van der Waals surface area contributed by atoms with E-state index < -0.39 is 0 Å². The van der Waals surface area contributed by atoms with Gasteiger partial charge in [-0.3, -0.25) is 0 Å². The van der Waals surface area contributed by atoms with Crippen LogP contribution in [0.2, 0.25) is 0 Å². The Hall–Kier alpha value is -0.0400. The average Bonchev–Trinajstić information content (AvgIpc) is 2.71. The summed E-state index contributed by atoms with van der Waals surface area (Å²) < 4.78 is 0. The molecule has 0 rings (SSSR count). The number of aliphatic hydroxyl groups excluding tert-OH is 1. The smallest absolute Gasteiger partial charge is 0.0431 e. The number of rotatable bonds is 24. The van der Waals surface area contributed by atoms with Crippen molar-refractivity contribution >= 4 is 0 Å². The molecule has 1 N–H and O–H groups in total. The first-order valence-corrected chi connectivity index (χ1v) is 13.4. The van der Waals surface area contributed by atoms with Gasteiger partial charge in [0.2, 0.25) is 0 Å². The van der Waals surface area contributed by atoms with Gasteiger partial charge in [0.15, 0.2) is 0 Å². The van der Waals surface area contributed by atoms with Crippen LogP contribution in [0.4, 0.5) is 0 Å². The van der Waals surface area contributed by atoms with Gasteiger partial charge in [-0.15, -0.1) is 0 Å². The summed E-state index contributed by atoms with van der Waals surface area (Å²) in [6.07, 6.45) is 32.6. The van der Waals surface area contributed by atoms with Gasteiger partial charge in [-0.05, 0) is 12.3 Å². The van der Waals surface area contributed by atoms with E-state index in [0.29, 0.717) is 6.61 Å². The molecule has 0 aromatic rings. The molecular formula is C27H56O. The van der Waals surface area contributed by atoms with Crippen LogP contribution in [0.1, 0.15) is 162 Å². The molecule has 0 aliphatic carbocycles. The lowest BCUT2D eigenvalue weighted by atomic mass is 9.99. The van der Waals surface area contributed by atoms with Crippen LogP contribution in [-0.2, 0) is 0 Å². The zero-order valence-electron chi connectivity index (χ0n) is 20.0. The Bertz CT molecular complexity index is 263. The second kappa shape index (κ2) is 25.0. The lowest BCUT2D eigenvalue weighted by Crippen LogP contribution is -1.91. The minimum absolute atomic E-state index is 0.374. The van der Waals surface area contributed by atoms with Crippen molar-refractivity contribution in [2.75, 3.05) is 6.61 Å². The molecule has 0 radical (unpaired) electrons. The summed E-state index contributed by atoms with van der Waals surface area (Å²) in [6, 6.07) is 0. The van der Waals surface area contributed by atoms with E-state index in [4.69, 9.17) is 5.11 Å². The second-order valence-corrected chi connectivity index (χ2v) is 9.45. The Labute approximate surface area is 179 Å². The Morgan fingerprint density at radius 2 is 0.679 bits per heavy atom. The summed E-state index contributed by atoms with van der Waals surface area (Å²) in [5.41, 5.74) is 0. The molecule has 0 saturated carbocycles. The van der Waals surface area contributed by atoms with Gasteiger partial charge in [-0.25, -0.2) is 0 Å². The molecule has 1 heteroatoms. The SMILES string of the molecule is CCC(C)CCCCCCCCCCCCCCCCCCCCCCCO. The average molecular weight is 397 g/mol. The molecule has 28 heavy (non-hydrogen) atoms. The first kappa shape index (κ1) is 28.0. The lowest BCUT2D eigenvalue weighted by Gasteiger charge is -2.07. The van der Waals surface area contributed by atoms with Gasteiger partial charge in [-0.1, -0.05) is 155 Å². The molecule has 0 aliphatic rings. The van der Waals surface area contributed by atoms with Crippen LogP contribution >= 0.6 is 0 Å². The molecule has 1 atom stereocenters. The maximum Gasteiger partial charge on any atom is 0.0431 e. The minimum Gasteiger partial charge on any atom is -0.396 e. The fourth-order valence-corrected chi connectivity index (χ4v) is 4.17. The molecule has 0 bridgehead atoms. The van der Waals surface area contributed by atoms with Crippen LogP contribution < -0.4 is 0 Å². The predicted molar refractivity (Wildman–Crippen MR) is 128 cm³/mol. The first-order valence-electron chi connectivity index (χ1n) is 13.4. The molecule has 0 fully saturated rings. The van der Waals surface area contributed by atoms with Crippen LogP contribution in [-0.4, -0.2) is 11.7 Å². The Kier molecular flexibility index (Phi) is 25.0. The fraction of sp³-hybridized carbons (Fsp3) is 1.00. The van der Waals surface area contributed by atoms with Crippen LogP contribution in [0.3, 0.4) is 0 Å². The highest BCUT2D eigenvalue weighted by atomic mass is 16.2. The monoisotopic (exact) mass is 396 g/mol. The molecular weight excluding hydrogens is 340 g/mol. The van der Waals surface area contributed by atoms with Crippen LogP contribution in [0.15, 0.2) is 0 Å². The minimum atomic E-state index is 0.374. The third-order valence-electron chi connectivity index (χ3n) is 6.55. The Morgan fingerprint density at radius 1 is 0.429 bits per heavy atom. The van der Waals surface area contributed by atoms with Crippen LogP contribution in [0, 0.1) is 5.92 Å². The zero-order chi connectivity index (χ0) is 20.5. The molecule has 0 aromatic heterocycles.